The molecule has 0 amide bonds. The molecule has 0 aliphatic heterocycles. The van der Waals surface area contributed by atoms with Gasteiger partial charge in [0.25, 0.3) is 0 Å². The molecule has 134 valence electrons. The summed E-state index contributed by atoms with van der Waals surface area (Å²) in [4.78, 5) is 12.5. The highest BCUT2D eigenvalue weighted by molar-refractivity contribution is 5.66. The summed E-state index contributed by atoms with van der Waals surface area (Å²) >= 11 is 0. The van der Waals surface area contributed by atoms with Gasteiger partial charge in [0.05, 0.1) is 13.0 Å². The first-order chi connectivity index (χ1) is 12.0. The molecule has 4 nitrogen and oxygen atoms in total. The Bertz CT molecular complexity index is 656. The van der Waals surface area contributed by atoms with Crippen LogP contribution >= 0.6 is 0 Å². The van der Waals surface area contributed by atoms with Crippen LogP contribution in [0.3, 0.4) is 0 Å². The van der Waals surface area contributed by atoms with Crippen molar-refractivity contribution in [2.75, 3.05) is 26.7 Å². The summed E-state index contributed by atoms with van der Waals surface area (Å²) in [6, 6.07) is 14.4. The topological polar surface area (TPSA) is 49.8 Å². The van der Waals surface area contributed by atoms with Crippen LogP contribution in [0.2, 0.25) is 0 Å². The van der Waals surface area contributed by atoms with Crippen molar-refractivity contribution in [1.82, 2.24) is 4.90 Å². The summed E-state index contributed by atoms with van der Waals surface area (Å²) in [5.41, 5.74) is 2.21. The molecule has 0 bridgehead atoms. The van der Waals surface area contributed by atoms with E-state index in [-0.39, 0.29) is 12.2 Å². The molecule has 0 aliphatic carbocycles. The monoisotopic (exact) mass is 345 g/mol. The van der Waals surface area contributed by atoms with E-state index in [1.54, 1.807) is 12.1 Å². The number of hydrogen-bond acceptors (Lipinski definition) is 3. The Morgan fingerprint density at radius 1 is 1.04 bits per heavy atom. The van der Waals surface area contributed by atoms with Crippen LogP contribution in [0.15, 0.2) is 48.5 Å². The van der Waals surface area contributed by atoms with Gasteiger partial charge in [-0.05, 0) is 55.3 Å². The fraction of sp³-hybridized carbons (Fsp3) is 0.350. The minimum Gasteiger partial charge on any atom is -0.494 e. The second-order valence-corrected chi connectivity index (χ2v) is 6.10. The Kier molecular flexibility index (Phi) is 7.41. The van der Waals surface area contributed by atoms with Crippen LogP contribution < -0.4 is 4.74 Å². The number of nitrogens with zero attached hydrogens (tertiary/aromatic N) is 1. The van der Waals surface area contributed by atoms with E-state index in [4.69, 9.17) is 9.84 Å². The third-order valence-corrected chi connectivity index (χ3v) is 3.91. The second kappa shape index (κ2) is 9.79. The van der Waals surface area contributed by atoms with Gasteiger partial charge in [-0.1, -0.05) is 24.3 Å². The van der Waals surface area contributed by atoms with E-state index in [1.807, 2.05) is 36.2 Å². The predicted octanol–water partition coefficient (Wildman–Crippen LogP) is 3.59. The quantitative estimate of drug-likeness (QED) is 0.669. The molecule has 0 atom stereocenters. The molecule has 2 rings (SSSR count). The van der Waals surface area contributed by atoms with Crippen molar-refractivity contribution in [3.8, 4) is 5.75 Å². The molecule has 2 aromatic rings. The van der Waals surface area contributed by atoms with Gasteiger partial charge in [0, 0.05) is 13.1 Å². The maximum Gasteiger partial charge on any atom is 0.304 e. The molecule has 0 saturated carbocycles. The van der Waals surface area contributed by atoms with E-state index in [0.29, 0.717) is 13.2 Å². The number of benzene rings is 2. The highest BCUT2D eigenvalue weighted by atomic mass is 19.1. The van der Waals surface area contributed by atoms with Gasteiger partial charge in [-0.25, -0.2) is 4.39 Å². The molecule has 25 heavy (non-hydrogen) atoms. The number of ether oxygens (including phenoxy) is 1. The first kappa shape index (κ1) is 18.9. The van der Waals surface area contributed by atoms with Crippen molar-refractivity contribution in [2.45, 2.75) is 19.3 Å². The van der Waals surface area contributed by atoms with Gasteiger partial charge in [0.15, 0.2) is 0 Å². The first-order valence-electron chi connectivity index (χ1n) is 8.39. The smallest absolute Gasteiger partial charge is 0.304 e. The van der Waals surface area contributed by atoms with Crippen molar-refractivity contribution < 1.29 is 19.0 Å². The van der Waals surface area contributed by atoms with E-state index >= 15 is 0 Å². The normalized spacial score (nSPS) is 10.8. The number of hydrogen-bond donors (Lipinski definition) is 1. The number of halogens is 1. The van der Waals surface area contributed by atoms with E-state index in [2.05, 4.69) is 0 Å². The lowest BCUT2D eigenvalue weighted by Gasteiger charge is -2.15. The Labute approximate surface area is 147 Å². The van der Waals surface area contributed by atoms with Gasteiger partial charge < -0.3 is 14.7 Å². The molecular formula is C20H24FNO3. The molecule has 0 aromatic heterocycles. The maximum atomic E-state index is 12.9. The third kappa shape index (κ3) is 7.35. The molecule has 0 heterocycles. The van der Waals surface area contributed by atoms with Gasteiger partial charge in [0.1, 0.15) is 11.6 Å². The van der Waals surface area contributed by atoms with Gasteiger partial charge in [-0.15, -0.1) is 0 Å². The second-order valence-electron chi connectivity index (χ2n) is 6.10. The molecule has 0 radical (unpaired) electrons. The summed E-state index contributed by atoms with van der Waals surface area (Å²) in [5.74, 6) is -0.180. The van der Waals surface area contributed by atoms with Crippen molar-refractivity contribution in [3.63, 3.8) is 0 Å². The summed E-state index contributed by atoms with van der Waals surface area (Å²) in [6.45, 7) is 1.94. The number of rotatable bonds is 10. The van der Waals surface area contributed by atoms with E-state index < -0.39 is 5.97 Å². The number of carbonyl (C=O) groups is 1. The minimum atomic E-state index is -0.774. The maximum absolute atomic E-state index is 12.9. The fourth-order valence-corrected chi connectivity index (χ4v) is 2.46. The van der Waals surface area contributed by atoms with E-state index in [0.717, 1.165) is 36.3 Å². The van der Waals surface area contributed by atoms with Crippen LogP contribution in [0.1, 0.15) is 24.0 Å². The van der Waals surface area contributed by atoms with Gasteiger partial charge in [-0.2, -0.15) is 0 Å². The summed E-state index contributed by atoms with van der Waals surface area (Å²) in [5, 5.41) is 8.64. The Morgan fingerprint density at radius 2 is 1.64 bits per heavy atom. The lowest BCUT2D eigenvalue weighted by Crippen LogP contribution is -2.24. The van der Waals surface area contributed by atoms with Crippen LogP contribution in [0.25, 0.3) is 0 Å². The fourth-order valence-electron chi connectivity index (χ4n) is 2.46. The van der Waals surface area contributed by atoms with Crippen molar-refractivity contribution in [2.24, 2.45) is 0 Å². The summed E-state index contributed by atoms with van der Waals surface area (Å²) in [7, 11) is 1.91. The predicted molar refractivity (Wildman–Crippen MR) is 95.5 cm³/mol. The highest BCUT2D eigenvalue weighted by Gasteiger charge is 2.03. The summed E-state index contributed by atoms with van der Waals surface area (Å²) in [6.07, 6.45) is 1.76. The van der Waals surface area contributed by atoms with Gasteiger partial charge in [-0.3, -0.25) is 4.79 Å². The average molecular weight is 345 g/mol. The Morgan fingerprint density at radius 3 is 2.24 bits per heavy atom. The average Bonchev–Trinajstić information content (AvgIpc) is 2.60. The zero-order chi connectivity index (χ0) is 18.1. The largest absolute Gasteiger partial charge is 0.494 e. The lowest BCUT2D eigenvalue weighted by molar-refractivity contribution is -0.137. The Hall–Kier alpha value is -2.40. The number of carboxylic acids is 1. The molecule has 1 N–H and O–H groups in total. The van der Waals surface area contributed by atoms with Gasteiger partial charge in [0.2, 0.25) is 0 Å². The number of aliphatic carboxylic acids is 1. The van der Waals surface area contributed by atoms with Crippen LogP contribution in [-0.2, 0) is 11.2 Å². The molecule has 5 heteroatoms. The molecule has 0 saturated heterocycles. The standard InChI is InChI=1S/C20H24FNO3/c1-22(13-11-20(23)24)12-2-14-25-19-9-5-17(6-10-19)15-16-3-7-18(21)8-4-16/h3-10H,2,11-15H2,1H3,(H,23,24). The van der Waals surface area contributed by atoms with Crippen LogP contribution in [0, 0.1) is 5.82 Å². The SMILES string of the molecule is CN(CCCOc1ccc(Cc2ccc(F)cc2)cc1)CCC(=O)O. The molecule has 0 spiro atoms. The first-order valence-corrected chi connectivity index (χ1v) is 8.39. The molecule has 2 aromatic carbocycles. The molecule has 0 aliphatic rings. The van der Waals surface area contributed by atoms with Crippen molar-refractivity contribution >= 4 is 5.97 Å². The van der Waals surface area contributed by atoms with E-state index in [1.165, 1.54) is 12.1 Å². The van der Waals surface area contributed by atoms with Crippen LogP contribution in [-0.4, -0.2) is 42.7 Å². The van der Waals surface area contributed by atoms with Crippen molar-refractivity contribution in [3.05, 3.63) is 65.5 Å². The third-order valence-electron chi connectivity index (χ3n) is 3.91. The van der Waals surface area contributed by atoms with Gasteiger partial charge >= 0.3 is 5.97 Å². The van der Waals surface area contributed by atoms with E-state index in [9.17, 15) is 9.18 Å². The zero-order valence-electron chi connectivity index (χ0n) is 14.5. The van der Waals surface area contributed by atoms with Crippen LogP contribution in [0.4, 0.5) is 4.39 Å². The molecule has 0 unspecified atom stereocenters. The zero-order valence-corrected chi connectivity index (χ0v) is 14.5. The number of carboxylic acid groups (broad SMARTS) is 1. The molecule has 0 fully saturated rings. The summed E-state index contributed by atoms with van der Waals surface area (Å²) < 4.78 is 18.6. The Balaban J connectivity index is 1.69. The lowest BCUT2D eigenvalue weighted by atomic mass is 10.1. The minimum absolute atomic E-state index is 0.160. The van der Waals surface area contributed by atoms with Crippen molar-refractivity contribution in [1.29, 1.82) is 0 Å². The highest BCUT2D eigenvalue weighted by Crippen LogP contribution is 2.16. The molecular weight excluding hydrogens is 321 g/mol. The van der Waals surface area contributed by atoms with Crippen LogP contribution in [0.5, 0.6) is 5.75 Å².